The molecule has 1 heteroatoms. The van der Waals surface area contributed by atoms with Gasteiger partial charge in [0.05, 0.1) is 0 Å². The summed E-state index contributed by atoms with van der Waals surface area (Å²) >= 11 is 0. The van der Waals surface area contributed by atoms with Crippen LogP contribution in [0.5, 0.6) is 0 Å². The van der Waals surface area contributed by atoms with Crippen LogP contribution < -0.4 is 0 Å². The van der Waals surface area contributed by atoms with Crippen molar-refractivity contribution in [2.45, 2.75) is 78.1 Å². The van der Waals surface area contributed by atoms with Crippen molar-refractivity contribution in [1.82, 2.24) is 0 Å². The van der Waals surface area contributed by atoms with Gasteiger partial charge in [0, 0.05) is 12.8 Å². The minimum Gasteiger partial charge on any atom is -0.293 e. The Balaban J connectivity index is 1.92. The van der Waals surface area contributed by atoms with Gasteiger partial charge in [-0.15, -0.1) is 0 Å². The summed E-state index contributed by atoms with van der Waals surface area (Å²) in [4.78, 5) is 4.55. The fraction of sp³-hybridized carbons (Fsp3) is 0.650. The molecule has 118 valence electrons. The third kappa shape index (κ3) is 9.44. The number of benzene rings is 1. The lowest BCUT2D eigenvalue weighted by Gasteiger charge is -2.01. The van der Waals surface area contributed by atoms with Crippen molar-refractivity contribution in [2.24, 2.45) is 4.99 Å². The first-order valence-electron chi connectivity index (χ1n) is 8.90. The largest absolute Gasteiger partial charge is 0.293 e. The summed E-state index contributed by atoms with van der Waals surface area (Å²) in [5.41, 5.74) is 2.56. The van der Waals surface area contributed by atoms with E-state index in [1.165, 1.54) is 75.3 Å². The molecule has 0 fully saturated rings. The molecule has 0 atom stereocenters. The van der Waals surface area contributed by atoms with E-state index >= 15 is 0 Å². The highest BCUT2D eigenvalue weighted by molar-refractivity contribution is 5.81. The molecule has 1 aromatic carbocycles. The van der Waals surface area contributed by atoms with E-state index in [1.54, 1.807) is 0 Å². The average Bonchev–Trinajstić information content (AvgIpc) is 2.50. The van der Waals surface area contributed by atoms with Gasteiger partial charge < -0.3 is 0 Å². The van der Waals surface area contributed by atoms with Crippen LogP contribution in [0, 0.1) is 6.92 Å². The second-order valence-electron chi connectivity index (χ2n) is 6.07. The molecule has 0 heterocycles. The number of hydrogen-bond acceptors (Lipinski definition) is 1. The van der Waals surface area contributed by atoms with E-state index < -0.39 is 0 Å². The van der Waals surface area contributed by atoms with E-state index in [4.69, 9.17) is 0 Å². The van der Waals surface area contributed by atoms with Crippen LogP contribution in [-0.2, 0) is 0 Å². The summed E-state index contributed by atoms with van der Waals surface area (Å²) in [5.74, 6) is 0. The van der Waals surface area contributed by atoms with Gasteiger partial charge in [0.15, 0.2) is 0 Å². The van der Waals surface area contributed by atoms with Gasteiger partial charge in [0.1, 0.15) is 0 Å². The van der Waals surface area contributed by atoms with Gasteiger partial charge in [0.25, 0.3) is 0 Å². The van der Waals surface area contributed by atoms with Crippen LogP contribution in [0.15, 0.2) is 29.3 Å². The van der Waals surface area contributed by atoms with Crippen molar-refractivity contribution in [3.8, 4) is 0 Å². The fourth-order valence-corrected chi connectivity index (χ4v) is 2.59. The molecule has 0 aliphatic rings. The topological polar surface area (TPSA) is 12.4 Å². The van der Waals surface area contributed by atoms with E-state index in [9.17, 15) is 0 Å². The van der Waals surface area contributed by atoms with E-state index in [0.717, 1.165) is 6.54 Å². The highest BCUT2D eigenvalue weighted by Gasteiger charge is 1.93. The second kappa shape index (κ2) is 12.6. The van der Waals surface area contributed by atoms with Gasteiger partial charge in [-0.3, -0.25) is 4.99 Å². The molecule has 0 amide bonds. The van der Waals surface area contributed by atoms with Crippen LogP contribution in [0.25, 0.3) is 0 Å². The van der Waals surface area contributed by atoms with Crippen LogP contribution in [0.4, 0.5) is 0 Å². The van der Waals surface area contributed by atoms with Crippen molar-refractivity contribution in [3.63, 3.8) is 0 Å². The first kappa shape index (κ1) is 17.9. The molecular weight excluding hydrogens is 254 g/mol. The second-order valence-corrected chi connectivity index (χ2v) is 6.07. The molecule has 0 radical (unpaired) electrons. The summed E-state index contributed by atoms with van der Waals surface area (Å²) in [5, 5.41) is 0. The molecule has 0 unspecified atom stereocenters. The van der Waals surface area contributed by atoms with E-state index in [1.807, 2.05) is 6.21 Å². The molecule has 21 heavy (non-hydrogen) atoms. The minimum atomic E-state index is 0.977. The summed E-state index contributed by atoms with van der Waals surface area (Å²) < 4.78 is 0. The third-order valence-corrected chi connectivity index (χ3v) is 4.06. The fourth-order valence-electron chi connectivity index (χ4n) is 2.59. The maximum Gasteiger partial charge on any atom is 0.0389 e. The molecule has 0 aromatic heterocycles. The van der Waals surface area contributed by atoms with Crippen LogP contribution in [-0.4, -0.2) is 12.8 Å². The zero-order chi connectivity index (χ0) is 15.2. The number of hydrogen-bond donors (Lipinski definition) is 0. The normalized spacial score (nSPS) is 11.3. The van der Waals surface area contributed by atoms with Crippen LogP contribution in [0.2, 0.25) is 0 Å². The molecule has 1 aromatic rings. The lowest BCUT2D eigenvalue weighted by atomic mass is 10.1. The molecule has 0 spiro atoms. The number of aryl methyl sites for hydroxylation is 1. The maximum atomic E-state index is 4.55. The zero-order valence-corrected chi connectivity index (χ0v) is 14.1. The Morgan fingerprint density at radius 1 is 0.810 bits per heavy atom. The third-order valence-electron chi connectivity index (χ3n) is 4.06. The van der Waals surface area contributed by atoms with Gasteiger partial charge in [-0.1, -0.05) is 89.0 Å². The lowest BCUT2D eigenvalue weighted by molar-refractivity contribution is 0.558. The van der Waals surface area contributed by atoms with Crippen LogP contribution >= 0.6 is 0 Å². The SMILES string of the molecule is CCCCCCCCCCCCN=Cc1ccccc1C. The van der Waals surface area contributed by atoms with Crippen molar-refractivity contribution < 1.29 is 0 Å². The molecule has 0 saturated heterocycles. The quantitative estimate of drug-likeness (QED) is 0.314. The van der Waals surface area contributed by atoms with Gasteiger partial charge in [-0.05, 0) is 24.5 Å². The summed E-state index contributed by atoms with van der Waals surface area (Å²) in [7, 11) is 0. The van der Waals surface area contributed by atoms with Gasteiger partial charge in [-0.2, -0.15) is 0 Å². The summed E-state index contributed by atoms with van der Waals surface area (Å²) in [6, 6.07) is 8.43. The smallest absolute Gasteiger partial charge is 0.0389 e. The molecule has 0 N–H and O–H groups in total. The monoisotopic (exact) mass is 287 g/mol. The number of aliphatic imine (C=N–C) groups is 1. The molecule has 0 aliphatic carbocycles. The number of nitrogens with zero attached hydrogens (tertiary/aromatic N) is 1. The molecule has 0 bridgehead atoms. The van der Waals surface area contributed by atoms with Gasteiger partial charge in [0.2, 0.25) is 0 Å². The highest BCUT2D eigenvalue weighted by atomic mass is 14.7. The Bertz CT molecular complexity index is 381. The maximum absolute atomic E-state index is 4.55. The lowest BCUT2D eigenvalue weighted by Crippen LogP contribution is -1.88. The van der Waals surface area contributed by atoms with Crippen molar-refractivity contribution in [3.05, 3.63) is 35.4 Å². The first-order valence-corrected chi connectivity index (χ1v) is 8.90. The molecule has 1 rings (SSSR count). The van der Waals surface area contributed by atoms with Gasteiger partial charge >= 0.3 is 0 Å². The number of unbranched alkanes of at least 4 members (excludes halogenated alkanes) is 9. The highest BCUT2D eigenvalue weighted by Crippen LogP contribution is 2.10. The van der Waals surface area contributed by atoms with Crippen molar-refractivity contribution in [1.29, 1.82) is 0 Å². The molecule has 1 nitrogen and oxygen atoms in total. The summed E-state index contributed by atoms with van der Waals surface area (Å²) in [6.07, 6.45) is 15.9. The Kier molecular flexibility index (Phi) is 10.8. The summed E-state index contributed by atoms with van der Waals surface area (Å²) in [6.45, 7) is 5.40. The Hall–Kier alpha value is -1.11. The predicted octanol–water partition coefficient (Wildman–Crippen LogP) is 6.33. The minimum absolute atomic E-state index is 0.977. The van der Waals surface area contributed by atoms with E-state index in [2.05, 4.69) is 43.1 Å². The van der Waals surface area contributed by atoms with E-state index in [0.29, 0.717) is 0 Å². The molecule has 0 saturated carbocycles. The van der Waals surface area contributed by atoms with Crippen molar-refractivity contribution in [2.75, 3.05) is 6.54 Å². The standard InChI is InChI=1S/C20H33N/c1-3-4-5-6-7-8-9-10-11-14-17-21-18-20-16-13-12-15-19(20)2/h12-13,15-16,18H,3-11,14,17H2,1-2H3. The number of rotatable bonds is 12. The van der Waals surface area contributed by atoms with Crippen molar-refractivity contribution >= 4 is 6.21 Å². The van der Waals surface area contributed by atoms with Crippen LogP contribution in [0.3, 0.4) is 0 Å². The Morgan fingerprint density at radius 2 is 1.38 bits per heavy atom. The Morgan fingerprint density at radius 3 is 2.00 bits per heavy atom. The predicted molar refractivity (Wildman–Crippen MR) is 95.5 cm³/mol. The molecule has 0 aliphatic heterocycles. The Labute approximate surface area is 131 Å². The average molecular weight is 287 g/mol. The zero-order valence-electron chi connectivity index (χ0n) is 14.1. The first-order chi connectivity index (χ1) is 10.3. The van der Waals surface area contributed by atoms with E-state index in [-0.39, 0.29) is 0 Å². The van der Waals surface area contributed by atoms with Gasteiger partial charge in [-0.25, -0.2) is 0 Å². The molecular formula is C20H33N. The van der Waals surface area contributed by atoms with Crippen LogP contribution in [0.1, 0.15) is 82.3 Å².